The second-order valence-corrected chi connectivity index (χ2v) is 12.7. The molecular formula is C35H25ClS2. The summed E-state index contributed by atoms with van der Waals surface area (Å²) in [6.07, 6.45) is 0. The van der Waals surface area contributed by atoms with Crippen LogP contribution in [0.3, 0.4) is 0 Å². The van der Waals surface area contributed by atoms with E-state index in [0.717, 1.165) is 5.02 Å². The highest BCUT2D eigenvalue weighted by molar-refractivity contribution is 7.21. The van der Waals surface area contributed by atoms with Crippen molar-refractivity contribution in [3.63, 3.8) is 0 Å². The normalized spacial score (nSPS) is 13.3. The van der Waals surface area contributed by atoms with E-state index in [9.17, 15) is 0 Å². The average Bonchev–Trinajstić information content (AvgIpc) is 3.61. The summed E-state index contributed by atoms with van der Waals surface area (Å²) in [5.41, 5.74) is 10.5. The van der Waals surface area contributed by atoms with Gasteiger partial charge in [-0.25, -0.2) is 0 Å². The maximum atomic E-state index is 6.33. The van der Waals surface area contributed by atoms with E-state index in [0.29, 0.717) is 0 Å². The van der Waals surface area contributed by atoms with E-state index >= 15 is 0 Å². The highest BCUT2D eigenvalue weighted by Crippen LogP contribution is 2.65. The van der Waals surface area contributed by atoms with E-state index in [1.165, 1.54) is 64.0 Å². The Morgan fingerprint density at radius 2 is 0.789 bits per heavy atom. The molecule has 6 aromatic rings. The fourth-order valence-electron chi connectivity index (χ4n) is 5.84. The summed E-state index contributed by atoms with van der Waals surface area (Å²) in [6.45, 7) is 4.83. The van der Waals surface area contributed by atoms with E-state index in [1.807, 2.05) is 34.8 Å². The smallest absolute Gasteiger partial charge is 0.0431 e. The molecule has 0 saturated heterocycles. The third kappa shape index (κ3) is 3.63. The first-order valence-corrected chi connectivity index (χ1v) is 14.8. The lowest BCUT2D eigenvalue weighted by Gasteiger charge is -2.23. The van der Waals surface area contributed by atoms with Crippen LogP contribution in [0.25, 0.3) is 52.9 Å². The van der Waals surface area contributed by atoms with Crippen LogP contribution in [0.1, 0.15) is 25.0 Å². The number of halogens is 1. The van der Waals surface area contributed by atoms with E-state index in [2.05, 4.69) is 117 Å². The van der Waals surface area contributed by atoms with Crippen LogP contribution in [-0.4, -0.2) is 0 Å². The van der Waals surface area contributed by atoms with Gasteiger partial charge in [-0.05, 0) is 45.5 Å². The lowest BCUT2D eigenvalue weighted by atomic mass is 9.80. The van der Waals surface area contributed by atoms with Crippen LogP contribution in [0, 0.1) is 0 Å². The molecule has 0 spiro atoms. The second-order valence-electron chi connectivity index (χ2n) is 10.3. The fraction of sp³-hybridized carbons (Fsp3) is 0.0857. The molecule has 0 atom stereocenters. The quantitative estimate of drug-likeness (QED) is 0.207. The molecule has 2 heterocycles. The lowest BCUT2D eigenvalue weighted by molar-refractivity contribution is 0.668. The summed E-state index contributed by atoms with van der Waals surface area (Å²) in [5.74, 6) is 0. The summed E-state index contributed by atoms with van der Waals surface area (Å²) in [5, 5.41) is 0.762. The molecule has 1 aliphatic rings. The molecule has 2 aromatic heterocycles. The highest BCUT2D eigenvalue weighted by atomic mass is 35.5. The third-order valence-corrected chi connectivity index (χ3v) is 10.4. The maximum absolute atomic E-state index is 6.33. The van der Waals surface area contributed by atoms with Gasteiger partial charge in [0.25, 0.3) is 0 Å². The largest absolute Gasteiger partial charge is 0.134 e. The van der Waals surface area contributed by atoms with E-state index in [1.54, 1.807) is 0 Å². The predicted octanol–water partition coefficient (Wildman–Crippen LogP) is 11.4. The zero-order valence-corrected chi connectivity index (χ0v) is 23.6. The zero-order chi connectivity index (χ0) is 25.9. The van der Waals surface area contributed by atoms with E-state index in [-0.39, 0.29) is 5.41 Å². The molecule has 7 rings (SSSR count). The Hall–Kier alpha value is -3.43. The Labute approximate surface area is 236 Å². The van der Waals surface area contributed by atoms with Crippen molar-refractivity contribution in [1.82, 2.24) is 0 Å². The molecule has 0 unspecified atom stereocenters. The SMILES string of the molecule is CC1(C)c2c(-c3ccccc3)sc(-c3ccccc3)c2-c2c(-c3ccc(Cl)cc3)sc(-c3ccccc3)c21. The molecule has 1 aliphatic carbocycles. The minimum absolute atomic E-state index is 0.161. The van der Waals surface area contributed by atoms with Gasteiger partial charge < -0.3 is 0 Å². The number of thiophene rings is 2. The Bertz CT molecular complexity index is 1760. The summed E-state index contributed by atoms with van der Waals surface area (Å²) in [6, 6.07) is 41.0. The molecule has 0 amide bonds. The van der Waals surface area contributed by atoms with Crippen LogP contribution in [-0.2, 0) is 5.41 Å². The van der Waals surface area contributed by atoms with Gasteiger partial charge in [-0.2, -0.15) is 0 Å². The van der Waals surface area contributed by atoms with Gasteiger partial charge in [0.05, 0.1) is 0 Å². The average molecular weight is 545 g/mol. The maximum Gasteiger partial charge on any atom is 0.0431 e. The molecule has 184 valence electrons. The van der Waals surface area contributed by atoms with Crippen LogP contribution >= 0.6 is 34.3 Å². The van der Waals surface area contributed by atoms with Gasteiger partial charge in [0, 0.05) is 41.1 Å². The molecule has 38 heavy (non-hydrogen) atoms. The summed E-state index contributed by atoms with van der Waals surface area (Å²) < 4.78 is 0. The number of rotatable bonds is 4. The van der Waals surface area contributed by atoms with Gasteiger partial charge in [-0.1, -0.05) is 129 Å². The topological polar surface area (TPSA) is 0 Å². The molecule has 0 fully saturated rings. The Balaban J connectivity index is 1.61. The minimum Gasteiger partial charge on any atom is -0.134 e. The second kappa shape index (κ2) is 9.10. The van der Waals surface area contributed by atoms with Crippen molar-refractivity contribution < 1.29 is 0 Å². The minimum atomic E-state index is -0.161. The Morgan fingerprint density at radius 3 is 1.18 bits per heavy atom. The fourth-order valence-corrected chi connectivity index (χ4v) is 8.92. The lowest BCUT2D eigenvalue weighted by Crippen LogP contribution is -2.15. The van der Waals surface area contributed by atoms with E-state index < -0.39 is 0 Å². The van der Waals surface area contributed by atoms with Crippen LogP contribution < -0.4 is 0 Å². The van der Waals surface area contributed by atoms with Crippen LogP contribution in [0.5, 0.6) is 0 Å². The number of hydrogen-bond donors (Lipinski definition) is 0. The molecule has 0 N–H and O–H groups in total. The van der Waals surface area contributed by atoms with Crippen molar-refractivity contribution in [2.75, 3.05) is 0 Å². The van der Waals surface area contributed by atoms with Gasteiger partial charge in [0.15, 0.2) is 0 Å². The summed E-state index contributed by atoms with van der Waals surface area (Å²) >= 11 is 10.2. The molecule has 0 aliphatic heterocycles. The monoisotopic (exact) mass is 544 g/mol. The zero-order valence-electron chi connectivity index (χ0n) is 21.2. The highest BCUT2D eigenvalue weighted by Gasteiger charge is 2.45. The van der Waals surface area contributed by atoms with Gasteiger partial charge in [-0.3, -0.25) is 0 Å². The summed E-state index contributed by atoms with van der Waals surface area (Å²) in [4.78, 5) is 5.39. The first-order chi connectivity index (χ1) is 18.5. The third-order valence-electron chi connectivity index (χ3n) is 7.53. The molecule has 4 aromatic carbocycles. The summed E-state index contributed by atoms with van der Waals surface area (Å²) in [7, 11) is 0. The standard InChI is InChI=1S/C35H25ClS2/c1-35(2)29-27(31(22-12-6-3-7-13-22)37-33(29)23-14-8-4-9-15-23)28-30(35)34(24-16-10-5-11-17-24)38-32(28)25-18-20-26(36)21-19-25/h3-21H,1-2H3. The van der Waals surface area contributed by atoms with Crippen LogP contribution in [0.2, 0.25) is 5.02 Å². The molecule has 0 radical (unpaired) electrons. The van der Waals surface area contributed by atoms with Crippen molar-refractivity contribution in [1.29, 1.82) is 0 Å². The number of benzene rings is 4. The van der Waals surface area contributed by atoms with Crippen molar-refractivity contribution in [3.05, 3.63) is 131 Å². The van der Waals surface area contributed by atoms with Crippen molar-refractivity contribution in [2.45, 2.75) is 19.3 Å². The molecule has 3 heteroatoms. The van der Waals surface area contributed by atoms with Gasteiger partial charge >= 0.3 is 0 Å². The number of fused-ring (bicyclic) bond motifs is 3. The van der Waals surface area contributed by atoms with Crippen molar-refractivity contribution >= 4 is 34.3 Å². The van der Waals surface area contributed by atoms with E-state index in [4.69, 9.17) is 11.6 Å². The molecule has 0 nitrogen and oxygen atoms in total. The van der Waals surface area contributed by atoms with Crippen molar-refractivity contribution in [3.8, 4) is 52.9 Å². The predicted molar refractivity (Wildman–Crippen MR) is 167 cm³/mol. The first-order valence-electron chi connectivity index (χ1n) is 12.8. The number of hydrogen-bond acceptors (Lipinski definition) is 2. The van der Waals surface area contributed by atoms with Crippen LogP contribution in [0.15, 0.2) is 115 Å². The molecule has 0 bridgehead atoms. The first kappa shape index (κ1) is 23.7. The van der Waals surface area contributed by atoms with Gasteiger partial charge in [0.2, 0.25) is 0 Å². The van der Waals surface area contributed by atoms with Gasteiger partial charge in [-0.15, -0.1) is 22.7 Å². The Kier molecular flexibility index (Phi) is 5.67. The van der Waals surface area contributed by atoms with Gasteiger partial charge in [0.1, 0.15) is 0 Å². The van der Waals surface area contributed by atoms with Crippen LogP contribution in [0.4, 0.5) is 0 Å². The molecule has 0 saturated carbocycles. The van der Waals surface area contributed by atoms with Crippen molar-refractivity contribution in [2.24, 2.45) is 0 Å². The Morgan fingerprint density at radius 1 is 0.447 bits per heavy atom. The molecular weight excluding hydrogens is 520 g/mol.